The fourth-order valence-electron chi connectivity index (χ4n) is 3.04. The first-order chi connectivity index (χ1) is 12.9. The van der Waals surface area contributed by atoms with Crippen LogP contribution in [0.2, 0.25) is 0 Å². The van der Waals surface area contributed by atoms with E-state index in [9.17, 15) is 13.2 Å². The molecule has 1 aliphatic rings. The summed E-state index contributed by atoms with van der Waals surface area (Å²) < 4.78 is 32.5. The van der Waals surface area contributed by atoms with Crippen LogP contribution in [0.4, 0.5) is 5.69 Å². The molecule has 0 radical (unpaired) electrons. The first-order valence-corrected chi connectivity index (χ1v) is 10.4. The molecule has 2 aromatic carbocycles. The normalized spacial score (nSPS) is 15.4. The van der Waals surface area contributed by atoms with E-state index in [1.54, 1.807) is 36.4 Å². The van der Waals surface area contributed by atoms with Gasteiger partial charge in [0.2, 0.25) is 0 Å². The van der Waals surface area contributed by atoms with E-state index in [1.807, 2.05) is 4.90 Å². The molecule has 1 aliphatic heterocycles. The molecule has 1 amide bonds. The third-order valence-corrected chi connectivity index (χ3v) is 6.22. The zero-order valence-electron chi connectivity index (χ0n) is 15.5. The van der Waals surface area contributed by atoms with Crippen LogP contribution in [0.3, 0.4) is 0 Å². The van der Waals surface area contributed by atoms with E-state index in [1.165, 1.54) is 19.2 Å². The van der Waals surface area contributed by atoms with Gasteiger partial charge in [-0.05, 0) is 67.3 Å². The molecule has 1 heterocycles. The summed E-state index contributed by atoms with van der Waals surface area (Å²) in [6.45, 7) is 3.74. The number of hydrogen-bond acceptors (Lipinski definition) is 4. The van der Waals surface area contributed by atoms with Gasteiger partial charge >= 0.3 is 0 Å². The van der Waals surface area contributed by atoms with Crippen molar-refractivity contribution in [3.05, 3.63) is 54.1 Å². The first-order valence-electron chi connectivity index (χ1n) is 8.95. The van der Waals surface area contributed by atoms with Gasteiger partial charge in [0.25, 0.3) is 15.9 Å². The fourth-order valence-corrected chi connectivity index (χ4v) is 4.10. The predicted molar refractivity (Wildman–Crippen MR) is 105 cm³/mol. The number of benzene rings is 2. The molecular weight excluding hydrogens is 364 g/mol. The molecule has 144 valence electrons. The molecule has 6 nitrogen and oxygen atoms in total. The number of methoxy groups -OCH3 is 1. The summed E-state index contributed by atoms with van der Waals surface area (Å²) in [5, 5.41) is 0. The number of nitrogens with one attached hydrogen (secondary N) is 1. The second-order valence-electron chi connectivity index (χ2n) is 6.83. The van der Waals surface area contributed by atoms with Crippen LogP contribution in [-0.4, -0.2) is 39.4 Å². The highest BCUT2D eigenvalue weighted by molar-refractivity contribution is 7.92. The number of carbonyl (C=O) groups is 1. The molecular formula is C20H24N2O4S. The molecule has 2 aromatic rings. The Bertz CT molecular complexity index is 885. The van der Waals surface area contributed by atoms with Gasteiger partial charge in [-0.1, -0.05) is 6.92 Å². The van der Waals surface area contributed by atoms with E-state index >= 15 is 0 Å². The largest absolute Gasteiger partial charge is 0.497 e. The number of rotatable bonds is 5. The number of ether oxygens (including phenoxy) is 1. The van der Waals surface area contributed by atoms with E-state index in [-0.39, 0.29) is 10.8 Å². The van der Waals surface area contributed by atoms with Crippen molar-refractivity contribution in [2.45, 2.75) is 24.7 Å². The molecule has 0 saturated carbocycles. The van der Waals surface area contributed by atoms with E-state index < -0.39 is 10.0 Å². The Morgan fingerprint density at radius 2 is 1.63 bits per heavy atom. The number of piperidine rings is 1. The number of likely N-dealkylation sites (tertiary alicyclic amines) is 1. The quantitative estimate of drug-likeness (QED) is 0.852. The Hall–Kier alpha value is -2.54. The van der Waals surface area contributed by atoms with E-state index in [0.717, 1.165) is 25.9 Å². The predicted octanol–water partition coefficient (Wildman–Crippen LogP) is 3.37. The van der Waals surface area contributed by atoms with Crippen molar-refractivity contribution in [2.75, 3.05) is 24.9 Å². The van der Waals surface area contributed by atoms with Crippen LogP contribution in [-0.2, 0) is 10.0 Å². The summed E-state index contributed by atoms with van der Waals surface area (Å²) in [7, 11) is -2.18. The molecule has 3 rings (SSSR count). The van der Waals surface area contributed by atoms with Crippen LogP contribution >= 0.6 is 0 Å². The van der Waals surface area contributed by atoms with Crippen molar-refractivity contribution in [3.8, 4) is 5.75 Å². The first kappa shape index (κ1) is 19.2. The van der Waals surface area contributed by atoms with Gasteiger partial charge in [0.15, 0.2) is 0 Å². The Kier molecular flexibility index (Phi) is 5.70. The number of hydrogen-bond donors (Lipinski definition) is 1. The number of sulfonamides is 1. The topological polar surface area (TPSA) is 75.7 Å². The lowest BCUT2D eigenvalue weighted by Crippen LogP contribution is -2.37. The zero-order valence-corrected chi connectivity index (χ0v) is 16.3. The van der Waals surface area contributed by atoms with Crippen LogP contribution in [0.15, 0.2) is 53.4 Å². The highest BCUT2D eigenvalue weighted by atomic mass is 32.2. The van der Waals surface area contributed by atoms with Gasteiger partial charge < -0.3 is 9.64 Å². The van der Waals surface area contributed by atoms with Crippen molar-refractivity contribution < 1.29 is 17.9 Å². The molecule has 0 atom stereocenters. The average molecular weight is 388 g/mol. The number of anilines is 1. The van der Waals surface area contributed by atoms with Gasteiger partial charge in [0.1, 0.15) is 5.75 Å². The maximum Gasteiger partial charge on any atom is 0.261 e. The van der Waals surface area contributed by atoms with Crippen molar-refractivity contribution in [1.82, 2.24) is 4.90 Å². The van der Waals surface area contributed by atoms with Crippen LogP contribution < -0.4 is 9.46 Å². The molecule has 0 aliphatic carbocycles. The minimum atomic E-state index is -3.70. The number of amides is 1. The highest BCUT2D eigenvalue weighted by Gasteiger charge is 2.21. The van der Waals surface area contributed by atoms with Crippen LogP contribution in [0, 0.1) is 5.92 Å². The summed E-state index contributed by atoms with van der Waals surface area (Å²) in [6, 6.07) is 12.7. The van der Waals surface area contributed by atoms with Gasteiger partial charge in [-0.25, -0.2) is 8.42 Å². The van der Waals surface area contributed by atoms with E-state index in [0.29, 0.717) is 22.9 Å². The van der Waals surface area contributed by atoms with Crippen molar-refractivity contribution in [1.29, 1.82) is 0 Å². The fraction of sp³-hybridized carbons (Fsp3) is 0.350. The number of carbonyl (C=O) groups excluding carboxylic acids is 1. The van der Waals surface area contributed by atoms with Crippen molar-refractivity contribution in [2.24, 2.45) is 5.92 Å². The van der Waals surface area contributed by atoms with Crippen molar-refractivity contribution >= 4 is 21.6 Å². The summed E-state index contributed by atoms with van der Waals surface area (Å²) in [6.07, 6.45) is 2.04. The van der Waals surface area contributed by atoms with Gasteiger partial charge in [-0.2, -0.15) is 0 Å². The summed E-state index contributed by atoms with van der Waals surface area (Å²) in [5.74, 6) is 1.24. The van der Waals surface area contributed by atoms with Crippen LogP contribution in [0.1, 0.15) is 30.1 Å². The number of nitrogens with zero attached hydrogens (tertiary/aromatic N) is 1. The third-order valence-electron chi connectivity index (χ3n) is 4.82. The molecule has 0 spiro atoms. The average Bonchev–Trinajstić information content (AvgIpc) is 2.68. The lowest BCUT2D eigenvalue weighted by molar-refractivity contribution is 0.0697. The van der Waals surface area contributed by atoms with Crippen LogP contribution in [0.25, 0.3) is 0 Å². The third kappa shape index (κ3) is 4.60. The SMILES string of the molecule is COc1ccc(S(=O)(=O)Nc2ccc(C(=O)N3CCC(C)CC3)cc2)cc1. The minimum absolute atomic E-state index is 0.00791. The van der Waals surface area contributed by atoms with Gasteiger partial charge in [-0.3, -0.25) is 9.52 Å². The van der Waals surface area contributed by atoms with Gasteiger partial charge in [0.05, 0.1) is 12.0 Å². The highest BCUT2D eigenvalue weighted by Crippen LogP contribution is 2.21. The molecule has 7 heteroatoms. The molecule has 0 unspecified atom stereocenters. The Morgan fingerprint density at radius 1 is 1.04 bits per heavy atom. The summed E-state index contributed by atoms with van der Waals surface area (Å²) in [4.78, 5) is 14.6. The summed E-state index contributed by atoms with van der Waals surface area (Å²) in [5.41, 5.74) is 0.978. The molecule has 0 aromatic heterocycles. The lowest BCUT2D eigenvalue weighted by atomic mass is 9.98. The Labute approximate surface area is 160 Å². The molecule has 1 saturated heterocycles. The molecule has 1 fully saturated rings. The monoisotopic (exact) mass is 388 g/mol. The van der Waals surface area contributed by atoms with Gasteiger partial charge in [-0.15, -0.1) is 0 Å². The second-order valence-corrected chi connectivity index (χ2v) is 8.52. The molecule has 27 heavy (non-hydrogen) atoms. The van der Waals surface area contributed by atoms with E-state index in [4.69, 9.17) is 4.74 Å². The Balaban J connectivity index is 1.68. The van der Waals surface area contributed by atoms with Gasteiger partial charge in [0, 0.05) is 24.3 Å². The smallest absolute Gasteiger partial charge is 0.261 e. The molecule has 0 bridgehead atoms. The zero-order chi connectivity index (χ0) is 19.4. The maximum atomic E-state index is 12.6. The maximum absolute atomic E-state index is 12.6. The second kappa shape index (κ2) is 8.00. The van der Waals surface area contributed by atoms with E-state index in [2.05, 4.69) is 11.6 Å². The Morgan fingerprint density at radius 3 is 2.19 bits per heavy atom. The molecule has 1 N–H and O–H groups in total. The standard InChI is InChI=1S/C20H24N2O4S/c1-15-11-13-22(14-12-15)20(23)16-3-5-17(6-4-16)21-27(24,25)19-9-7-18(26-2)8-10-19/h3-10,15,21H,11-14H2,1-2H3. The summed E-state index contributed by atoms with van der Waals surface area (Å²) >= 11 is 0. The lowest BCUT2D eigenvalue weighted by Gasteiger charge is -2.30. The minimum Gasteiger partial charge on any atom is -0.497 e. The van der Waals surface area contributed by atoms with Crippen LogP contribution in [0.5, 0.6) is 5.75 Å². The van der Waals surface area contributed by atoms with Crippen molar-refractivity contribution in [3.63, 3.8) is 0 Å².